The molecular formula is C12H17NO2S. The van der Waals surface area contributed by atoms with Crippen molar-refractivity contribution in [3.63, 3.8) is 0 Å². The fraction of sp³-hybridized carbons (Fsp3) is 0.417. The number of carbonyl (C=O) groups is 1. The zero-order chi connectivity index (χ0) is 12.1. The first-order valence-corrected chi connectivity index (χ1v) is 6.00. The number of aliphatic hydroxyl groups excluding tert-OH is 1. The van der Waals surface area contributed by atoms with Gasteiger partial charge in [0, 0.05) is 22.8 Å². The lowest BCUT2D eigenvalue weighted by atomic mass is 10.2. The largest absolute Gasteiger partial charge is 0.395 e. The second-order valence-corrected chi connectivity index (χ2v) is 5.05. The highest BCUT2D eigenvalue weighted by molar-refractivity contribution is 7.12. The van der Waals surface area contributed by atoms with Crippen LogP contribution in [0.2, 0.25) is 0 Å². The molecule has 1 amide bonds. The lowest BCUT2D eigenvalue weighted by molar-refractivity contribution is 0.0742. The number of aliphatic hydroxyl groups is 1. The quantitative estimate of drug-likeness (QED) is 0.798. The molecule has 16 heavy (non-hydrogen) atoms. The molecule has 1 N–H and O–H groups in total. The van der Waals surface area contributed by atoms with E-state index >= 15 is 0 Å². The van der Waals surface area contributed by atoms with E-state index in [9.17, 15) is 4.79 Å². The summed E-state index contributed by atoms with van der Waals surface area (Å²) in [5.41, 5.74) is 0.734. The van der Waals surface area contributed by atoms with Crippen LogP contribution in [0.4, 0.5) is 0 Å². The lowest BCUT2D eigenvalue weighted by Gasteiger charge is -2.19. The maximum atomic E-state index is 12.1. The standard InChI is InChI=1S/C12H17NO2S/c1-4-5-13(6-7-14)12(15)11-8-9(2)16-10(11)3/h4,8,14H,1,5-7H2,2-3H3. The molecule has 1 aromatic heterocycles. The molecule has 0 saturated heterocycles. The highest BCUT2D eigenvalue weighted by atomic mass is 32.1. The molecule has 1 aromatic rings. The zero-order valence-corrected chi connectivity index (χ0v) is 10.5. The van der Waals surface area contributed by atoms with Crippen molar-refractivity contribution >= 4 is 17.2 Å². The van der Waals surface area contributed by atoms with Crippen LogP contribution in [0.5, 0.6) is 0 Å². The molecule has 0 aromatic carbocycles. The number of nitrogens with zero attached hydrogens (tertiary/aromatic N) is 1. The second-order valence-electron chi connectivity index (χ2n) is 3.59. The lowest BCUT2D eigenvalue weighted by Crippen LogP contribution is -2.33. The molecule has 88 valence electrons. The van der Waals surface area contributed by atoms with Crippen molar-refractivity contribution in [1.29, 1.82) is 0 Å². The summed E-state index contributed by atoms with van der Waals surface area (Å²) < 4.78 is 0. The van der Waals surface area contributed by atoms with Gasteiger partial charge >= 0.3 is 0 Å². The minimum Gasteiger partial charge on any atom is -0.395 e. The van der Waals surface area contributed by atoms with Gasteiger partial charge in [0.25, 0.3) is 5.91 Å². The Kier molecular flexibility index (Phi) is 4.71. The highest BCUT2D eigenvalue weighted by Gasteiger charge is 2.17. The van der Waals surface area contributed by atoms with Crippen LogP contribution in [-0.4, -0.2) is 35.6 Å². The minimum atomic E-state index is -0.0317. The Balaban J connectivity index is 2.89. The summed E-state index contributed by atoms with van der Waals surface area (Å²) >= 11 is 1.62. The van der Waals surface area contributed by atoms with Crippen molar-refractivity contribution in [2.45, 2.75) is 13.8 Å². The summed E-state index contributed by atoms with van der Waals surface area (Å²) in [6, 6.07) is 1.90. The Bertz CT molecular complexity index is 384. The summed E-state index contributed by atoms with van der Waals surface area (Å²) in [7, 11) is 0. The van der Waals surface area contributed by atoms with E-state index in [4.69, 9.17) is 5.11 Å². The molecule has 0 aliphatic carbocycles. The third kappa shape index (κ3) is 2.93. The molecule has 4 heteroatoms. The van der Waals surface area contributed by atoms with E-state index in [2.05, 4.69) is 6.58 Å². The Morgan fingerprint density at radius 2 is 2.31 bits per heavy atom. The third-order valence-electron chi connectivity index (χ3n) is 2.28. The smallest absolute Gasteiger partial charge is 0.255 e. The molecule has 0 radical (unpaired) electrons. The van der Waals surface area contributed by atoms with Gasteiger partial charge in [-0.2, -0.15) is 0 Å². The molecule has 3 nitrogen and oxygen atoms in total. The van der Waals surface area contributed by atoms with Gasteiger partial charge in [-0.05, 0) is 19.9 Å². The van der Waals surface area contributed by atoms with Crippen molar-refractivity contribution in [2.75, 3.05) is 19.7 Å². The fourth-order valence-electron chi connectivity index (χ4n) is 1.57. The molecule has 0 spiro atoms. The average molecular weight is 239 g/mol. The van der Waals surface area contributed by atoms with Crippen LogP contribution in [-0.2, 0) is 0 Å². The summed E-state index contributed by atoms with van der Waals surface area (Å²) in [5, 5.41) is 8.91. The number of carbonyl (C=O) groups excluding carboxylic acids is 1. The zero-order valence-electron chi connectivity index (χ0n) is 9.69. The normalized spacial score (nSPS) is 10.2. The van der Waals surface area contributed by atoms with E-state index in [1.54, 1.807) is 22.3 Å². The van der Waals surface area contributed by atoms with Gasteiger partial charge in [-0.1, -0.05) is 6.08 Å². The summed E-state index contributed by atoms with van der Waals surface area (Å²) in [6.07, 6.45) is 1.67. The monoisotopic (exact) mass is 239 g/mol. The van der Waals surface area contributed by atoms with Crippen molar-refractivity contribution in [3.8, 4) is 0 Å². The van der Waals surface area contributed by atoms with E-state index < -0.39 is 0 Å². The van der Waals surface area contributed by atoms with E-state index in [0.717, 1.165) is 15.3 Å². The van der Waals surface area contributed by atoms with Gasteiger partial charge < -0.3 is 10.0 Å². The van der Waals surface area contributed by atoms with Crippen LogP contribution in [0.1, 0.15) is 20.1 Å². The maximum absolute atomic E-state index is 12.1. The summed E-state index contributed by atoms with van der Waals surface area (Å²) in [6.45, 7) is 8.32. The topological polar surface area (TPSA) is 40.5 Å². The first-order chi connectivity index (χ1) is 7.60. The van der Waals surface area contributed by atoms with Crippen LogP contribution in [0.3, 0.4) is 0 Å². The molecule has 0 bridgehead atoms. The van der Waals surface area contributed by atoms with Gasteiger partial charge in [-0.15, -0.1) is 17.9 Å². The van der Waals surface area contributed by atoms with Crippen molar-refractivity contribution in [2.24, 2.45) is 0 Å². The van der Waals surface area contributed by atoms with E-state index in [1.807, 2.05) is 19.9 Å². The van der Waals surface area contributed by atoms with Gasteiger partial charge in [-0.3, -0.25) is 4.79 Å². The Hall–Kier alpha value is -1.13. The van der Waals surface area contributed by atoms with Crippen LogP contribution in [0.25, 0.3) is 0 Å². The highest BCUT2D eigenvalue weighted by Crippen LogP contribution is 2.21. The molecule has 1 heterocycles. The van der Waals surface area contributed by atoms with Crippen LogP contribution in [0.15, 0.2) is 18.7 Å². The van der Waals surface area contributed by atoms with Gasteiger partial charge in [-0.25, -0.2) is 0 Å². The number of aryl methyl sites for hydroxylation is 2. The first-order valence-electron chi connectivity index (χ1n) is 5.18. The number of rotatable bonds is 5. The first kappa shape index (κ1) is 12.9. The molecule has 0 aliphatic rings. The Labute approximate surface area is 100 Å². The maximum Gasteiger partial charge on any atom is 0.255 e. The van der Waals surface area contributed by atoms with Gasteiger partial charge in [0.15, 0.2) is 0 Å². The summed E-state index contributed by atoms with van der Waals surface area (Å²) in [5.74, 6) is -0.0317. The van der Waals surface area contributed by atoms with Gasteiger partial charge in [0.2, 0.25) is 0 Å². The number of thiophene rings is 1. The second kappa shape index (κ2) is 5.82. The fourth-order valence-corrected chi connectivity index (χ4v) is 2.48. The number of hydrogen-bond donors (Lipinski definition) is 1. The Morgan fingerprint density at radius 3 is 2.75 bits per heavy atom. The van der Waals surface area contributed by atoms with E-state index in [1.165, 1.54) is 0 Å². The molecule has 1 rings (SSSR count). The minimum absolute atomic E-state index is 0.0260. The van der Waals surface area contributed by atoms with Crippen molar-refractivity contribution in [1.82, 2.24) is 4.90 Å². The van der Waals surface area contributed by atoms with Crippen molar-refractivity contribution in [3.05, 3.63) is 34.0 Å². The molecule has 0 fully saturated rings. The van der Waals surface area contributed by atoms with Gasteiger partial charge in [0.05, 0.1) is 12.2 Å². The molecule has 0 atom stereocenters. The van der Waals surface area contributed by atoms with Gasteiger partial charge in [0.1, 0.15) is 0 Å². The van der Waals surface area contributed by atoms with Crippen LogP contribution in [0, 0.1) is 13.8 Å². The number of amides is 1. The predicted octanol–water partition coefficient (Wildman–Crippen LogP) is 1.99. The van der Waals surface area contributed by atoms with E-state index in [-0.39, 0.29) is 12.5 Å². The number of hydrogen-bond acceptors (Lipinski definition) is 3. The van der Waals surface area contributed by atoms with Crippen molar-refractivity contribution < 1.29 is 9.90 Å². The third-order valence-corrected chi connectivity index (χ3v) is 3.24. The van der Waals surface area contributed by atoms with E-state index in [0.29, 0.717) is 13.1 Å². The van der Waals surface area contributed by atoms with Crippen LogP contribution >= 0.6 is 11.3 Å². The molecule has 0 aliphatic heterocycles. The molecule has 0 saturated carbocycles. The SMILES string of the molecule is C=CCN(CCO)C(=O)c1cc(C)sc1C. The summed E-state index contributed by atoms with van der Waals surface area (Å²) in [4.78, 5) is 15.9. The molecular weight excluding hydrogens is 222 g/mol. The predicted molar refractivity (Wildman–Crippen MR) is 67.0 cm³/mol. The Morgan fingerprint density at radius 1 is 1.62 bits per heavy atom. The average Bonchev–Trinajstić information content (AvgIpc) is 2.56. The van der Waals surface area contributed by atoms with Crippen LogP contribution < -0.4 is 0 Å². The molecule has 0 unspecified atom stereocenters.